The van der Waals surface area contributed by atoms with Gasteiger partial charge in [-0.05, 0) is 79.5 Å². The number of ether oxygens (including phenoxy) is 1. The zero-order valence-corrected chi connectivity index (χ0v) is 15.3. The van der Waals surface area contributed by atoms with E-state index in [4.69, 9.17) is 10.00 Å². The quantitative estimate of drug-likeness (QED) is 0.757. The minimum atomic E-state index is 0.0455. The molecule has 0 heterocycles. The van der Waals surface area contributed by atoms with Crippen LogP contribution in [0.25, 0.3) is 6.08 Å². The number of amides is 1. The number of likely N-dealkylation sites (N-methyl/N-ethyl adjacent to an activating group) is 1. The molecule has 0 atom stereocenters. The molecule has 4 fully saturated rings. The summed E-state index contributed by atoms with van der Waals surface area (Å²) in [4.78, 5) is 14.7. The molecule has 1 amide bonds. The van der Waals surface area contributed by atoms with Gasteiger partial charge in [0, 0.05) is 19.2 Å². The van der Waals surface area contributed by atoms with Crippen LogP contribution >= 0.6 is 0 Å². The molecule has 4 saturated carbocycles. The maximum absolute atomic E-state index is 12.7. The molecule has 0 aromatic heterocycles. The Morgan fingerprint density at radius 1 is 1.15 bits per heavy atom. The Kier molecular flexibility index (Phi) is 4.72. The van der Waals surface area contributed by atoms with Crippen LogP contribution in [-0.4, -0.2) is 30.5 Å². The molecule has 0 aliphatic heterocycles. The molecule has 136 valence electrons. The van der Waals surface area contributed by atoms with Gasteiger partial charge >= 0.3 is 0 Å². The number of hydrogen-bond donors (Lipinski definition) is 0. The molecule has 26 heavy (non-hydrogen) atoms. The van der Waals surface area contributed by atoms with Crippen molar-refractivity contribution in [2.75, 3.05) is 13.7 Å². The van der Waals surface area contributed by atoms with Crippen molar-refractivity contribution in [2.24, 2.45) is 23.7 Å². The number of hydrogen-bond acceptors (Lipinski definition) is 3. The van der Waals surface area contributed by atoms with Crippen LogP contribution < -0.4 is 4.74 Å². The highest BCUT2D eigenvalue weighted by Crippen LogP contribution is 2.54. The van der Waals surface area contributed by atoms with Crippen LogP contribution in [0.3, 0.4) is 0 Å². The summed E-state index contributed by atoms with van der Waals surface area (Å²) in [5, 5.41) is 8.53. The topological polar surface area (TPSA) is 53.3 Å². The van der Waals surface area contributed by atoms with Gasteiger partial charge in [-0.2, -0.15) is 5.26 Å². The van der Waals surface area contributed by atoms with Gasteiger partial charge in [-0.25, -0.2) is 0 Å². The van der Waals surface area contributed by atoms with Gasteiger partial charge in [0.1, 0.15) is 11.8 Å². The van der Waals surface area contributed by atoms with E-state index in [0.29, 0.717) is 23.6 Å². The predicted molar refractivity (Wildman–Crippen MR) is 100 cm³/mol. The van der Waals surface area contributed by atoms with E-state index in [0.717, 1.165) is 17.4 Å². The summed E-state index contributed by atoms with van der Waals surface area (Å²) in [6.45, 7) is 0.0455. The minimum Gasteiger partial charge on any atom is -0.479 e. The summed E-state index contributed by atoms with van der Waals surface area (Å²) >= 11 is 0. The number of carbonyl (C=O) groups excluding carboxylic acids is 1. The molecule has 4 aliphatic carbocycles. The van der Waals surface area contributed by atoms with E-state index in [9.17, 15) is 4.79 Å². The molecule has 4 bridgehead atoms. The van der Waals surface area contributed by atoms with Gasteiger partial charge in [-0.1, -0.05) is 12.1 Å². The lowest BCUT2D eigenvalue weighted by Gasteiger charge is -2.56. The van der Waals surface area contributed by atoms with E-state index >= 15 is 0 Å². The Morgan fingerprint density at radius 2 is 1.77 bits per heavy atom. The molecular formula is C22H26N2O2. The van der Waals surface area contributed by atoms with Crippen LogP contribution in [0.5, 0.6) is 5.75 Å². The molecule has 0 spiro atoms. The summed E-state index contributed by atoms with van der Waals surface area (Å²) in [7, 11) is 1.98. The molecule has 0 unspecified atom stereocenters. The van der Waals surface area contributed by atoms with Gasteiger partial charge in [0.2, 0.25) is 5.91 Å². The number of benzene rings is 1. The standard InChI is InChI=1S/C22H26N2O2/c1-24(22-18-11-16-10-17(13-18)14-19(22)12-16)21(25)7-4-15-2-5-20(6-3-15)26-9-8-23/h2-7,16-19,22H,9-14H2,1H3/b7-4+. The second kappa shape index (κ2) is 7.15. The molecule has 4 aliphatic rings. The number of carbonyl (C=O) groups is 1. The lowest BCUT2D eigenvalue weighted by atomic mass is 9.54. The van der Waals surface area contributed by atoms with E-state index in [1.807, 2.05) is 48.4 Å². The van der Waals surface area contributed by atoms with Crippen molar-refractivity contribution in [3.8, 4) is 11.8 Å². The molecular weight excluding hydrogens is 324 g/mol. The monoisotopic (exact) mass is 350 g/mol. The molecule has 4 nitrogen and oxygen atoms in total. The van der Waals surface area contributed by atoms with Crippen molar-refractivity contribution < 1.29 is 9.53 Å². The van der Waals surface area contributed by atoms with E-state index in [1.54, 1.807) is 6.08 Å². The Labute approximate surface area is 155 Å². The maximum Gasteiger partial charge on any atom is 0.246 e. The van der Waals surface area contributed by atoms with Crippen molar-refractivity contribution in [1.82, 2.24) is 4.90 Å². The van der Waals surface area contributed by atoms with E-state index in [-0.39, 0.29) is 12.5 Å². The fraction of sp³-hybridized carbons (Fsp3) is 0.545. The van der Waals surface area contributed by atoms with Crippen molar-refractivity contribution in [1.29, 1.82) is 5.26 Å². The van der Waals surface area contributed by atoms with E-state index in [1.165, 1.54) is 32.1 Å². The number of nitriles is 1. The first-order valence-electron chi connectivity index (χ1n) is 9.68. The summed E-state index contributed by atoms with van der Waals surface area (Å²) in [5.74, 6) is 4.05. The summed E-state index contributed by atoms with van der Waals surface area (Å²) in [5.41, 5.74) is 0.959. The third-order valence-electron chi connectivity index (χ3n) is 6.57. The third-order valence-corrected chi connectivity index (χ3v) is 6.57. The van der Waals surface area contributed by atoms with Gasteiger partial charge in [-0.15, -0.1) is 0 Å². The molecule has 1 aromatic rings. The SMILES string of the molecule is CN(C(=O)/C=C/c1ccc(OCC#N)cc1)C1C2CC3CC(C2)CC1C3. The smallest absolute Gasteiger partial charge is 0.246 e. The second-order valence-corrected chi connectivity index (χ2v) is 8.22. The van der Waals surface area contributed by atoms with Crippen molar-refractivity contribution in [2.45, 2.75) is 38.1 Å². The summed E-state index contributed by atoms with van der Waals surface area (Å²) in [6, 6.07) is 9.83. The van der Waals surface area contributed by atoms with Crippen LogP contribution in [-0.2, 0) is 4.79 Å². The molecule has 1 aromatic carbocycles. The highest BCUT2D eigenvalue weighted by molar-refractivity contribution is 5.91. The fourth-order valence-electron chi connectivity index (χ4n) is 5.75. The predicted octanol–water partition coefficient (Wildman–Crippen LogP) is 3.89. The van der Waals surface area contributed by atoms with Crippen LogP contribution in [0.4, 0.5) is 0 Å². The molecule has 4 heteroatoms. The highest BCUT2D eigenvalue weighted by Gasteiger charge is 2.50. The summed E-state index contributed by atoms with van der Waals surface area (Å²) < 4.78 is 5.25. The van der Waals surface area contributed by atoms with Crippen molar-refractivity contribution in [3.63, 3.8) is 0 Å². The Balaban J connectivity index is 1.38. The van der Waals surface area contributed by atoms with Crippen LogP contribution in [0, 0.1) is 35.0 Å². The molecule has 0 radical (unpaired) electrons. The zero-order chi connectivity index (χ0) is 18.1. The minimum absolute atomic E-state index is 0.0455. The van der Waals surface area contributed by atoms with Crippen LogP contribution in [0.1, 0.15) is 37.7 Å². The molecule has 5 rings (SSSR count). The maximum atomic E-state index is 12.7. The largest absolute Gasteiger partial charge is 0.479 e. The Hall–Kier alpha value is -2.28. The van der Waals surface area contributed by atoms with Gasteiger partial charge < -0.3 is 9.64 Å². The summed E-state index contributed by atoms with van der Waals surface area (Å²) in [6.07, 6.45) is 10.3. The van der Waals surface area contributed by atoms with E-state index in [2.05, 4.69) is 0 Å². The number of nitrogens with zero attached hydrogens (tertiary/aromatic N) is 2. The Bertz CT molecular complexity index is 704. The number of rotatable bonds is 5. The molecule has 0 saturated heterocycles. The lowest BCUT2D eigenvalue weighted by molar-refractivity contribution is -0.135. The van der Waals surface area contributed by atoms with Gasteiger partial charge in [0.15, 0.2) is 6.61 Å². The normalized spacial score (nSPS) is 31.8. The first-order chi connectivity index (χ1) is 12.6. The van der Waals surface area contributed by atoms with Crippen molar-refractivity contribution >= 4 is 12.0 Å². The molecule has 0 N–H and O–H groups in total. The first kappa shape index (κ1) is 17.1. The van der Waals surface area contributed by atoms with Crippen LogP contribution in [0.2, 0.25) is 0 Å². The van der Waals surface area contributed by atoms with Gasteiger partial charge in [0.25, 0.3) is 0 Å². The highest BCUT2D eigenvalue weighted by atomic mass is 16.5. The van der Waals surface area contributed by atoms with Gasteiger partial charge in [-0.3, -0.25) is 4.79 Å². The zero-order valence-electron chi connectivity index (χ0n) is 15.3. The van der Waals surface area contributed by atoms with E-state index < -0.39 is 0 Å². The van der Waals surface area contributed by atoms with Crippen molar-refractivity contribution in [3.05, 3.63) is 35.9 Å². The fourth-order valence-corrected chi connectivity index (χ4v) is 5.75. The average molecular weight is 350 g/mol. The first-order valence-corrected chi connectivity index (χ1v) is 9.68. The average Bonchev–Trinajstić information content (AvgIpc) is 2.64. The Morgan fingerprint density at radius 3 is 2.35 bits per heavy atom. The second-order valence-electron chi connectivity index (χ2n) is 8.22. The third kappa shape index (κ3) is 3.35. The van der Waals surface area contributed by atoms with Crippen LogP contribution in [0.15, 0.2) is 30.3 Å². The lowest BCUT2D eigenvalue weighted by Crippen LogP contribution is -2.56. The van der Waals surface area contributed by atoms with Gasteiger partial charge in [0.05, 0.1) is 0 Å².